The zero-order valence-electron chi connectivity index (χ0n) is 19.5. The fourth-order valence-corrected chi connectivity index (χ4v) is 4.64. The van der Waals surface area contributed by atoms with Gasteiger partial charge in [0.25, 0.3) is 0 Å². The molecule has 0 aliphatic carbocycles. The Kier molecular flexibility index (Phi) is 7.10. The molecule has 2 aromatic carbocycles. The number of ether oxygens (including phenoxy) is 2. The molecule has 0 radical (unpaired) electrons. The molecule has 178 valence electrons. The second kappa shape index (κ2) is 10.7. The predicted octanol–water partition coefficient (Wildman–Crippen LogP) is 4.19. The maximum absolute atomic E-state index is 12.6. The summed E-state index contributed by atoms with van der Waals surface area (Å²) in [5, 5.41) is 7.98. The highest BCUT2D eigenvalue weighted by atomic mass is 16.7. The van der Waals surface area contributed by atoms with Gasteiger partial charge in [0, 0.05) is 31.3 Å². The summed E-state index contributed by atoms with van der Waals surface area (Å²) in [4.78, 5) is 15.1. The highest BCUT2D eigenvalue weighted by Crippen LogP contribution is 2.36. The first-order valence-corrected chi connectivity index (χ1v) is 12.3. The summed E-state index contributed by atoms with van der Waals surface area (Å²) >= 11 is 0. The minimum atomic E-state index is 0.0823. The van der Waals surface area contributed by atoms with E-state index in [2.05, 4.69) is 10.2 Å². The molecule has 1 fully saturated rings. The summed E-state index contributed by atoms with van der Waals surface area (Å²) in [6, 6.07) is 15.9. The van der Waals surface area contributed by atoms with E-state index in [1.807, 2.05) is 59.4 Å². The summed E-state index contributed by atoms with van der Waals surface area (Å²) in [6.07, 6.45) is 8.25. The van der Waals surface area contributed by atoms with E-state index in [1.54, 1.807) is 0 Å². The number of hydrogen-bond acceptors (Lipinski definition) is 5. The van der Waals surface area contributed by atoms with Gasteiger partial charge in [0.15, 0.2) is 11.5 Å². The minimum Gasteiger partial charge on any atom is -0.454 e. The number of nitrogens with one attached hydrogen (secondary N) is 1. The number of aromatic nitrogens is 2. The number of fused-ring (bicyclic) bond motifs is 1. The van der Waals surface area contributed by atoms with Crippen LogP contribution in [0.5, 0.6) is 11.5 Å². The third-order valence-electron chi connectivity index (χ3n) is 6.53. The average molecular weight is 461 g/mol. The van der Waals surface area contributed by atoms with Gasteiger partial charge < -0.3 is 19.7 Å². The van der Waals surface area contributed by atoms with E-state index in [0.717, 1.165) is 53.6 Å². The molecule has 1 N–H and O–H groups in total. The molecule has 34 heavy (non-hydrogen) atoms. The number of aryl methyl sites for hydroxylation is 1. The van der Waals surface area contributed by atoms with E-state index in [4.69, 9.17) is 14.6 Å². The number of amides is 1. The van der Waals surface area contributed by atoms with Crippen molar-refractivity contribution in [3.05, 3.63) is 60.3 Å². The van der Waals surface area contributed by atoms with Gasteiger partial charge in [-0.1, -0.05) is 31.0 Å². The van der Waals surface area contributed by atoms with Gasteiger partial charge in [0.05, 0.1) is 11.4 Å². The molecule has 0 unspecified atom stereocenters. The van der Waals surface area contributed by atoms with Crippen LogP contribution in [-0.4, -0.2) is 53.6 Å². The Balaban J connectivity index is 1.26. The molecule has 2 aliphatic heterocycles. The monoisotopic (exact) mass is 460 g/mol. The molecule has 0 bridgehead atoms. The van der Waals surface area contributed by atoms with Crippen molar-refractivity contribution in [1.29, 1.82) is 0 Å². The zero-order chi connectivity index (χ0) is 23.2. The van der Waals surface area contributed by atoms with Gasteiger partial charge in [-0.2, -0.15) is 5.10 Å². The number of rotatable bonds is 8. The van der Waals surface area contributed by atoms with Crippen molar-refractivity contribution in [2.45, 2.75) is 38.5 Å². The van der Waals surface area contributed by atoms with Crippen molar-refractivity contribution < 1.29 is 14.3 Å². The van der Waals surface area contributed by atoms with Crippen LogP contribution in [0.2, 0.25) is 0 Å². The lowest BCUT2D eigenvalue weighted by Crippen LogP contribution is -2.35. The summed E-state index contributed by atoms with van der Waals surface area (Å²) in [5.74, 6) is 1.56. The number of benzene rings is 2. The van der Waals surface area contributed by atoms with Crippen molar-refractivity contribution in [3.8, 4) is 28.4 Å². The standard InChI is InChI=1S/C27H32N4O3/c32-26(28-14-17-30-15-6-1-2-7-16-30)13-11-22-19-31(23-8-4-3-5-9-23)29-27(22)21-10-12-24-25(18-21)34-20-33-24/h3-5,8-10,12,18-19H,1-2,6-7,11,13-17,20H2,(H,28,32). The van der Waals surface area contributed by atoms with E-state index in [0.29, 0.717) is 19.4 Å². The van der Waals surface area contributed by atoms with Gasteiger partial charge in [-0.15, -0.1) is 0 Å². The smallest absolute Gasteiger partial charge is 0.231 e. The molecule has 1 saturated heterocycles. The van der Waals surface area contributed by atoms with Crippen LogP contribution in [0, 0.1) is 0 Å². The Morgan fingerprint density at radius 3 is 2.59 bits per heavy atom. The summed E-state index contributed by atoms with van der Waals surface area (Å²) < 4.78 is 12.9. The highest BCUT2D eigenvalue weighted by molar-refractivity contribution is 5.77. The molecule has 3 heterocycles. The van der Waals surface area contributed by atoms with E-state index in [9.17, 15) is 4.79 Å². The first-order chi connectivity index (χ1) is 16.8. The Morgan fingerprint density at radius 1 is 0.971 bits per heavy atom. The van der Waals surface area contributed by atoms with Crippen LogP contribution in [0.25, 0.3) is 16.9 Å². The third-order valence-corrected chi connectivity index (χ3v) is 6.53. The summed E-state index contributed by atoms with van der Waals surface area (Å²) in [7, 11) is 0. The molecular formula is C27H32N4O3. The fraction of sp³-hybridized carbons (Fsp3) is 0.407. The average Bonchev–Trinajstić information content (AvgIpc) is 3.43. The molecule has 3 aromatic rings. The highest BCUT2D eigenvalue weighted by Gasteiger charge is 2.19. The van der Waals surface area contributed by atoms with Gasteiger partial charge in [0.2, 0.25) is 12.7 Å². The third kappa shape index (κ3) is 5.42. The number of nitrogens with zero attached hydrogens (tertiary/aromatic N) is 3. The number of para-hydroxylation sites is 1. The predicted molar refractivity (Wildman–Crippen MR) is 131 cm³/mol. The lowest BCUT2D eigenvalue weighted by molar-refractivity contribution is -0.121. The van der Waals surface area contributed by atoms with Crippen molar-refractivity contribution in [2.75, 3.05) is 33.0 Å². The van der Waals surface area contributed by atoms with Crippen LogP contribution < -0.4 is 14.8 Å². The molecule has 1 amide bonds. The van der Waals surface area contributed by atoms with Gasteiger partial charge in [-0.25, -0.2) is 4.68 Å². The van der Waals surface area contributed by atoms with Gasteiger partial charge >= 0.3 is 0 Å². The number of carbonyl (C=O) groups excluding carboxylic acids is 1. The van der Waals surface area contributed by atoms with Gasteiger partial charge in [0.1, 0.15) is 0 Å². The Morgan fingerprint density at radius 2 is 1.76 bits per heavy atom. The number of carbonyl (C=O) groups is 1. The normalized spacial score (nSPS) is 15.8. The molecular weight excluding hydrogens is 428 g/mol. The van der Waals surface area contributed by atoms with Crippen LogP contribution in [0.4, 0.5) is 0 Å². The first kappa shape index (κ1) is 22.5. The van der Waals surface area contributed by atoms with Crippen LogP contribution in [0.15, 0.2) is 54.7 Å². The van der Waals surface area contributed by atoms with Crippen molar-refractivity contribution in [1.82, 2.24) is 20.0 Å². The second-order valence-corrected chi connectivity index (χ2v) is 8.96. The minimum absolute atomic E-state index is 0.0823. The topological polar surface area (TPSA) is 68.6 Å². The van der Waals surface area contributed by atoms with Crippen molar-refractivity contribution in [2.24, 2.45) is 0 Å². The van der Waals surface area contributed by atoms with E-state index >= 15 is 0 Å². The Bertz CT molecular complexity index is 1100. The summed E-state index contributed by atoms with van der Waals surface area (Å²) in [6.45, 7) is 4.17. The molecule has 0 atom stereocenters. The summed E-state index contributed by atoms with van der Waals surface area (Å²) in [5.41, 5.74) is 3.83. The SMILES string of the molecule is O=C(CCc1cn(-c2ccccc2)nc1-c1ccc2c(c1)OCO2)NCCN1CCCCCC1. The Hall–Kier alpha value is -3.32. The quantitative estimate of drug-likeness (QED) is 0.546. The largest absolute Gasteiger partial charge is 0.454 e. The van der Waals surface area contributed by atoms with Crippen LogP contribution in [0.3, 0.4) is 0 Å². The van der Waals surface area contributed by atoms with Crippen LogP contribution >= 0.6 is 0 Å². The van der Waals surface area contributed by atoms with Crippen LogP contribution in [0.1, 0.15) is 37.7 Å². The molecule has 0 spiro atoms. The lowest BCUT2D eigenvalue weighted by atomic mass is 10.0. The van der Waals surface area contributed by atoms with Crippen molar-refractivity contribution in [3.63, 3.8) is 0 Å². The maximum atomic E-state index is 12.6. The fourth-order valence-electron chi connectivity index (χ4n) is 4.64. The molecule has 7 nitrogen and oxygen atoms in total. The molecule has 5 rings (SSSR count). The van der Waals surface area contributed by atoms with Gasteiger partial charge in [-0.05, 0) is 68.2 Å². The second-order valence-electron chi connectivity index (χ2n) is 8.96. The first-order valence-electron chi connectivity index (χ1n) is 12.3. The molecule has 1 aromatic heterocycles. The maximum Gasteiger partial charge on any atom is 0.231 e. The van der Waals surface area contributed by atoms with Crippen molar-refractivity contribution >= 4 is 5.91 Å². The lowest BCUT2D eigenvalue weighted by Gasteiger charge is -2.19. The van der Waals surface area contributed by atoms with Crippen LogP contribution in [-0.2, 0) is 11.2 Å². The Labute approximate surface area is 200 Å². The zero-order valence-corrected chi connectivity index (χ0v) is 19.5. The number of hydrogen-bond donors (Lipinski definition) is 1. The van der Waals surface area contributed by atoms with E-state index < -0.39 is 0 Å². The van der Waals surface area contributed by atoms with E-state index in [1.165, 1.54) is 25.7 Å². The van der Waals surface area contributed by atoms with Gasteiger partial charge in [-0.3, -0.25) is 4.79 Å². The molecule has 2 aliphatic rings. The molecule has 7 heteroatoms. The number of likely N-dealkylation sites (tertiary alicyclic amines) is 1. The van der Waals surface area contributed by atoms with E-state index in [-0.39, 0.29) is 12.7 Å². The molecule has 0 saturated carbocycles.